The van der Waals surface area contributed by atoms with Crippen molar-refractivity contribution in [3.8, 4) is 61.3 Å². The molecule has 2 heteroatoms. The second kappa shape index (κ2) is 18.7. The summed E-state index contributed by atoms with van der Waals surface area (Å²) in [6.07, 6.45) is 0. The zero-order chi connectivity index (χ0) is 50.6. The summed E-state index contributed by atoms with van der Waals surface area (Å²) in [6, 6.07) is 94.2. The minimum absolute atomic E-state index is 0.0266. The molecule has 0 N–H and O–H groups in total. The summed E-state index contributed by atoms with van der Waals surface area (Å²) >= 11 is 0. The fourth-order valence-electron chi connectivity index (χ4n) is 11.1. The van der Waals surface area contributed by atoms with Crippen molar-refractivity contribution < 1.29 is 0 Å². The van der Waals surface area contributed by atoms with Gasteiger partial charge in [-0.25, -0.2) is 0 Å². The lowest BCUT2D eigenvalue weighted by Gasteiger charge is -2.31. The Morgan fingerprint density at radius 1 is 0.324 bits per heavy atom. The molecule has 0 saturated carbocycles. The summed E-state index contributed by atoms with van der Waals surface area (Å²) in [5, 5.41) is 4.91. The van der Waals surface area contributed by atoms with Crippen LogP contribution < -0.4 is 4.90 Å². The average molecular weight is 953 g/mol. The summed E-state index contributed by atoms with van der Waals surface area (Å²) in [5.41, 5.74) is 21.1. The van der Waals surface area contributed by atoms with Gasteiger partial charge in [0.25, 0.3) is 0 Å². The van der Waals surface area contributed by atoms with Crippen LogP contribution in [-0.2, 0) is 10.8 Å². The summed E-state index contributed by atoms with van der Waals surface area (Å²) in [7, 11) is 0. The maximum Gasteiger partial charge on any atom is 0.0619 e. The molecule has 12 rings (SSSR count). The predicted octanol–water partition coefficient (Wildman–Crippen LogP) is 20.3. The average Bonchev–Trinajstić information content (AvgIpc) is 3.78. The molecule has 12 aromatic rings. The van der Waals surface area contributed by atoms with Crippen LogP contribution in [0.15, 0.2) is 255 Å². The van der Waals surface area contributed by atoms with E-state index in [0.717, 1.165) is 45.0 Å². The van der Waals surface area contributed by atoms with Crippen molar-refractivity contribution in [2.45, 2.75) is 52.4 Å². The third-order valence-electron chi connectivity index (χ3n) is 14.9. The van der Waals surface area contributed by atoms with Crippen LogP contribution in [0.2, 0.25) is 0 Å². The molecule has 11 aromatic carbocycles. The number of rotatable bonds is 9. The first-order chi connectivity index (χ1) is 36.0. The van der Waals surface area contributed by atoms with Crippen LogP contribution in [0.1, 0.15) is 52.7 Å². The molecule has 2 nitrogen and oxygen atoms in total. The smallest absolute Gasteiger partial charge is 0.0619 e. The molecule has 0 atom stereocenters. The Labute approximate surface area is 436 Å². The molecule has 0 saturated heterocycles. The molecule has 0 spiro atoms. The molecule has 74 heavy (non-hydrogen) atoms. The highest BCUT2D eigenvalue weighted by atomic mass is 15.1. The van der Waals surface area contributed by atoms with E-state index in [9.17, 15) is 0 Å². The van der Waals surface area contributed by atoms with Crippen LogP contribution >= 0.6 is 0 Å². The zero-order valence-corrected chi connectivity index (χ0v) is 43.1. The van der Waals surface area contributed by atoms with Gasteiger partial charge < -0.3 is 9.47 Å². The van der Waals surface area contributed by atoms with E-state index in [1.165, 1.54) is 77.1 Å². The maximum absolute atomic E-state index is 2.52. The van der Waals surface area contributed by atoms with Gasteiger partial charge in [0.05, 0.1) is 22.4 Å². The monoisotopic (exact) mass is 952 g/mol. The highest BCUT2D eigenvalue weighted by Gasteiger charge is 2.26. The van der Waals surface area contributed by atoms with Gasteiger partial charge in [0.2, 0.25) is 0 Å². The number of fused-ring (bicyclic) bond motifs is 4. The molecule has 0 aliphatic heterocycles. The minimum Gasteiger partial charge on any atom is -0.309 e. The van der Waals surface area contributed by atoms with Crippen LogP contribution in [0.4, 0.5) is 17.1 Å². The number of anilines is 3. The van der Waals surface area contributed by atoms with Gasteiger partial charge in [-0.2, -0.15) is 0 Å². The Balaban J connectivity index is 1.13. The third kappa shape index (κ3) is 8.47. The van der Waals surface area contributed by atoms with Gasteiger partial charge >= 0.3 is 0 Å². The largest absolute Gasteiger partial charge is 0.309 e. The number of aromatic nitrogens is 1. The van der Waals surface area contributed by atoms with Gasteiger partial charge in [-0.15, -0.1) is 0 Å². The van der Waals surface area contributed by atoms with Crippen molar-refractivity contribution in [3.63, 3.8) is 0 Å². The topological polar surface area (TPSA) is 8.17 Å². The van der Waals surface area contributed by atoms with Crippen LogP contribution in [0.25, 0.3) is 93.9 Å². The van der Waals surface area contributed by atoms with E-state index in [0.29, 0.717) is 0 Å². The first-order valence-electron chi connectivity index (χ1n) is 26.0. The first kappa shape index (κ1) is 46.4. The van der Waals surface area contributed by atoms with E-state index in [4.69, 9.17) is 0 Å². The molecular formula is C72H60N2. The Kier molecular flexibility index (Phi) is 11.7. The second-order valence-corrected chi connectivity index (χ2v) is 21.8. The van der Waals surface area contributed by atoms with E-state index >= 15 is 0 Å². The molecule has 0 fully saturated rings. The van der Waals surface area contributed by atoms with Gasteiger partial charge in [-0.1, -0.05) is 248 Å². The minimum atomic E-state index is -0.0266. The Morgan fingerprint density at radius 2 is 0.865 bits per heavy atom. The molecule has 0 amide bonds. The predicted molar refractivity (Wildman–Crippen MR) is 318 cm³/mol. The van der Waals surface area contributed by atoms with Gasteiger partial charge in [0.15, 0.2) is 0 Å². The molecule has 1 aromatic heterocycles. The van der Waals surface area contributed by atoms with Gasteiger partial charge in [-0.3, -0.25) is 0 Å². The fraction of sp³-hybridized carbons (Fsp3) is 0.111. The van der Waals surface area contributed by atoms with Gasteiger partial charge in [0.1, 0.15) is 0 Å². The number of nitrogens with zero attached hydrogens (tertiary/aromatic N) is 2. The van der Waals surface area contributed by atoms with Crippen LogP contribution in [0.3, 0.4) is 0 Å². The first-order valence-corrected chi connectivity index (χ1v) is 26.0. The van der Waals surface area contributed by atoms with Crippen molar-refractivity contribution in [1.82, 2.24) is 4.57 Å². The standard InChI is InChI=1S/C72H60N2/c1-71(2,3)55-44-54(45-56(48-55)72(4,5)6)59-36-21-28-51-29-22-38-63(69(51)59)61-34-16-18-40-66(61)73(68-43-42-52(49-24-10-7-11-25-49)47-65(68)50-26-12-8-13-27-50)58-33-20-30-53(46-58)60-37-23-39-64-62-35-17-19-41-67(62)74(70(60)64)57-31-14-9-15-32-57/h7-48H,1-6H3. The zero-order valence-electron chi connectivity index (χ0n) is 43.1. The van der Waals surface area contributed by atoms with Crippen molar-refractivity contribution in [2.75, 3.05) is 4.90 Å². The third-order valence-corrected chi connectivity index (χ3v) is 14.9. The highest BCUT2D eigenvalue weighted by molar-refractivity contribution is 6.14. The van der Waals surface area contributed by atoms with Crippen LogP contribution in [-0.4, -0.2) is 4.57 Å². The molecule has 0 unspecified atom stereocenters. The number of para-hydroxylation sites is 4. The summed E-state index contributed by atoms with van der Waals surface area (Å²) in [5.74, 6) is 0. The number of benzene rings is 11. The molecule has 358 valence electrons. The van der Waals surface area contributed by atoms with Crippen molar-refractivity contribution in [2.24, 2.45) is 0 Å². The molecule has 1 heterocycles. The molecule has 0 radical (unpaired) electrons. The van der Waals surface area contributed by atoms with E-state index in [1.54, 1.807) is 0 Å². The Hall–Kier alpha value is -8.72. The van der Waals surface area contributed by atoms with Crippen molar-refractivity contribution in [1.29, 1.82) is 0 Å². The lowest BCUT2D eigenvalue weighted by Crippen LogP contribution is -2.16. The Bertz CT molecular complexity index is 3980. The summed E-state index contributed by atoms with van der Waals surface area (Å²) in [6.45, 7) is 14.0. The van der Waals surface area contributed by atoms with E-state index in [2.05, 4.69) is 306 Å². The Morgan fingerprint density at radius 3 is 1.58 bits per heavy atom. The summed E-state index contributed by atoms with van der Waals surface area (Å²) in [4.78, 5) is 2.52. The molecule has 0 aliphatic carbocycles. The number of hydrogen-bond donors (Lipinski definition) is 0. The fourth-order valence-corrected chi connectivity index (χ4v) is 11.1. The van der Waals surface area contributed by atoms with Crippen molar-refractivity contribution >= 4 is 49.6 Å². The van der Waals surface area contributed by atoms with Gasteiger partial charge in [0, 0.05) is 38.8 Å². The lowest BCUT2D eigenvalue weighted by molar-refractivity contribution is 0.569. The second-order valence-electron chi connectivity index (χ2n) is 21.8. The van der Waals surface area contributed by atoms with Crippen LogP contribution in [0.5, 0.6) is 0 Å². The van der Waals surface area contributed by atoms with Crippen molar-refractivity contribution in [3.05, 3.63) is 266 Å². The molecule has 0 bridgehead atoms. The van der Waals surface area contributed by atoms with E-state index < -0.39 is 0 Å². The number of hydrogen-bond acceptors (Lipinski definition) is 1. The SMILES string of the molecule is CC(C)(C)c1cc(-c2cccc3cccc(-c4ccccc4N(c4cccc(-c5cccc6c7ccccc7n(-c7ccccc7)c56)c4)c4ccc(-c5ccccc5)cc4-c4ccccc4)c23)cc(C(C)(C)C)c1. The lowest BCUT2D eigenvalue weighted by atomic mass is 9.78. The maximum atomic E-state index is 2.52. The van der Waals surface area contributed by atoms with Gasteiger partial charge in [-0.05, 0) is 120 Å². The summed E-state index contributed by atoms with van der Waals surface area (Å²) < 4.78 is 2.44. The molecular weight excluding hydrogens is 893 g/mol. The van der Waals surface area contributed by atoms with E-state index in [-0.39, 0.29) is 10.8 Å². The molecule has 0 aliphatic rings. The van der Waals surface area contributed by atoms with E-state index in [1.807, 2.05) is 0 Å². The normalized spacial score (nSPS) is 11.9. The van der Waals surface area contributed by atoms with Crippen LogP contribution in [0, 0.1) is 0 Å². The quantitative estimate of drug-likeness (QED) is 0.140. The highest BCUT2D eigenvalue weighted by Crippen LogP contribution is 2.49.